The highest BCUT2D eigenvalue weighted by molar-refractivity contribution is 6.30. The molecule has 2 aromatic carbocycles. The van der Waals surface area contributed by atoms with E-state index in [1.807, 2.05) is 47.4 Å². The van der Waals surface area contributed by atoms with Crippen molar-refractivity contribution in [1.82, 2.24) is 9.80 Å². The molecule has 1 saturated heterocycles. The molecule has 2 N–H and O–H groups in total. The van der Waals surface area contributed by atoms with Crippen LogP contribution in [0.2, 0.25) is 5.02 Å². The van der Waals surface area contributed by atoms with Crippen LogP contribution in [0.25, 0.3) is 0 Å². The number of halogens is 1. The molecule has 0 saturated carbocycles. The summed E-state index contributed by atoms with van der Waals surface area (Å²) in [6, 6.07) is 13.2. The third kappa shape index (κ3) is 4.68. The number of nitrogen functional groups attached to an aromatic ring is 1. The maximum atomic E-state index is 12.5. The number of anilines is 1. The lowest BCUT2D eigenvalue weighted by molar-refractivity contribution is -0.132. The van der Waals surface area contributed by atoms with Crippen LogP contribution in [0, 0.1) is 0 Å². The van der Waals surface area contributed by atoms with Gasteiger partial charge in [0.1, 0.15) is 5.75 Å². The lowest BCUT2D eigenvalue weighted by atomic mass is 10.1. The SMILES string of the molecule is COc1ccc(Cl)cc1CN1CCN(C(=O)Cc2ccc(N)cc2)CC1. The molecule has 0 aromatic heterocycles. The molecule has 138 valence electrons. The van der Waals surface area contributed by atoms with Crippen molar-refractivity contribution in [3.05, 3.63) is 58.6 Å². The number of nitrogens with two attached hydrogens (primary N) is 1. The molecular weight excluding hydrogens is 350 g/mol. The van der Waals surface area contributed by atoms with E-state index in [0.717, 1.165) is 49.6 Å². The summed E-state index contributed by atoms with van der Waals surface area (Å²) in [5.74, 6) is 1.01. The standard InChI is InChI=1S/C20H24ClN3O2/c1-26-19-7-4-17(21)13-16(19)14-23-8-10-24(11-9-23)20(25)12-15-2-5-18(22)6-3-15/h2-7,13H,8-12,14,22H2,1H3. The van der Waals surface area contributed by atoms with Crippen molar-refractivity contribution in [2.75, 3.05) is 39.0 Å². The number of amides is 1. The van der Waals surface area contributed by atoms with Crippen LogP contribution < -0.4 is 10.5 Å². The van der Waals surface area contributed by atoms with Crippen LogP contribution in [0.15, 0.2) is 42.5 Å². The first-order chi connectivity index (χ1) is 12.5. The molecule has 0 aliphatic carbocycles. The van der Waals surface area contributed by atoms with Gasteiger partial charge in [0, 0.05) is 49.0 Å². The van der Waals surface area contributed by atoms with E-state index in [0.29, 0.717) is 17.1 Å². The second kappa shape index (κ2) is 8.43. The lowest BCUT2D eigenvalue weighted by Crippen LogP contribution is -2.48. The number of ether oxygens (including phenoxy) is 1. The molecule has 26 heavy (non-hydrogen) atoms. The molecule has 6 heteroatoms. The van der Waals surface area contributed by atoms with Crippen molar-refractivity contribution in [2.45, 2.75) is 13.0 Å². The van der Waals surface area contributed by atoms with Gasteiger partial charge in [-0.2, -0.15) is 0 Å². The largest absolute Gasteiger partial charge is 0.496 e. The van der Waals surface area contributed by atoms with Crippen LogP contribution >= 0.6 is 11.6 Å². The summed E-state index contributed by atoms with van der Waals surface area (Å²) in [7, 11) is 1.67. The molecule has 1 amide bonds. The number of hydrogen-bond donors (Lipinski definition) is 1. The minimum Gasteiger partial charge on any atom is -0.496 e. The number of carbonyl (C=O) groups is 1. The average molecular weight is 374 g/mol. The molecule has 5 nitrogen and oxygen atoms in total. The Morgan fingerprint density at radius 3 is 2.46 bits per heavy atom. The fourth-order valence-electron chi connectivity index (χ4n) is 3.19. The zero-order valence-electron chi connectivity index (χ0n) is 15.0. The van der Waals surface area contributed by atoms with Crippen LogP contribution in [-0.4, -0.2) is 49.0 Å². The van der Waals surface area contributed by atoms with Crippen LogP contribution in [0.4, 0.5) is 5.69 Å². The van der Waals surface area contributed by atoms with Crippen LogP contribution in [0.3, 0.4) is 0 Å². The van der Waals surface area contributed by atoms with Gasteiger partial charge in [-0.25, -0.2) is 0 Å². The summed E-state index contributed by atoms with van der Waals surface area (Å²) in [6.45, 7) is 3.91. The Hall–Kier alpha value is -2.24. The molecule has 2 aromatic rings. The molecule has 0 unspecified atom stereocenters. The van der Waals surface area contributed by atoms with Gasteiger partial charge < -0.3 is 15.4 Å². The van der Waals surface area contributed by atoms with Crippen molar-refractivity contribution >= 4 is 23.2 Å². The summed E-state index contributed by atoms with van der Waals surface area (Å²) in [5.41, 5.74) is 8.47. The Morgan fingerprint density at radius 1 is 1.12 bits per heavy atom. The Balaban J connectivity index is 1.53. The minimum absolute atomic E-state index is 0.162. The van der Waals surface area contributed by atoms with Gasteiger partial charge in [-0.15, -0.1) is 0 Å². The van der Waals surface area contributed by atoms with Crippen LogP contribution in [0.1, 0.15) is 11.1 Å². The zero-order chi connectivity index (χ0) is 18.5. The number of carbonyl (C=O) groups excluding carboxylic acids is 1. The lowest BCUT2D eigenvalue weighted by Gasteiger charge is -2.35. The number of rotatable bonds is 5. The predicted molar refractivity (Wildman–Crippen MR) is 104 cm³/mol. The van der Waals surface area contributed by atoms with Crippen molar-refractivity contribution < 1.29 is 9.53 Å². The highest BCUT2D eigenvalue weighted by Gasteiger charge is 2.22. The van der Waals surface area contributed by atoms with E-state index in [2.05, 4.69) is 4.90 Å². The monoisotopic (exact) mass is 373 g/mol. The normalized spacial score (nSPS) is 15.1. The fourth-order valence-corrected chi connectivity index (χ4v) is 3.38. The van der Waals surface area contributed by atoms with Gasteiger partial charge in [-0.1, -0.05) is 23.7 Å². The van der Waals surface area contributed by atoms with Crippen molar-refractivity contribution in [3.63, 3.8) is 0 Å². The van der Waals surface area contributed by atoms with Gasteiger partial charge in [0.15, 0.2) is 0 Å². The molecule has 3 rings (SSSR count). The summed E-state index contributed by atoms with van der Waals surface area (Å²) < 4.78 is 5.42. The highest BCUT2D eigenvalue weighted by Crippen LogP contribution is 2.24. The number of hydrogen-bond acceptors (Lipinski definition) is 4. The number of piperazine rings is 1. The Kier molecular flexibility index (Phi) is 6.01. The molecule has 1 heterocycles. The van der Waals surface area contributed by atoms with Crippen molar-refractivity contribution in [1.29, 1.82) is 0 Å². The molecule has 0 radical (unpaired) electrons. The molecule has 0 bridgehead atoms. The quantitative estimate of drug-likeness (QED) is 0.819. The van der Waals surface area contributed by atoms with Gasteiger partial charge >= 0.3 is 0 Å². The topological polar surface area (TPSA) is 58.8 Å². The van der Waals surface area contributed by atoms with Gasteiger partial charge in [-0.05, 0) is 35.9 Å². The molecular formula is C20H24ClN3O2. The van der Waals surface area contributed by atoms with Gasteiger partial charge in [-0.3, -0.25) is 9.69 Å². The molecule has 1 fully saturated rings. The van der Waals surface area contributed by atoms with E-state index in [9.17, 15) is 4.79 Å². The Morgan fingerprint density at radius 2 is 1.81 bits per heavy atom. The van der Waals surface area contributed by atoms with E-state index in [4.69, 9.17) is 22.1 Å². The molecule has 1 aliphatic heterocycles. The summed E-state index contributed by atoms with van der Waals surface area (Å²) in [4.78, 5) is 16.8. The summed E-state index contributed by atoms with van der Waals surface area (Å²) in [6.07, 6.45) is 0.419. The third-order valence-electron chi connectivity index (χ3n) is 4.70. The second-order valence-corrected chi connectivity index (χ2v) is 6.97. The minimum atomic E-state index is 0.162. The first-order valence-corrected chi connectivity index (χ1v) is 9.10. The van der Waals surface area contributed by atoms with Crippen LogP contribution in [0.5, 0.6) is 5.75 Å². The third-order valence-corrected chi connectivity index (χ3v) is 4.93. The van der Waals surface area contributed by atoms with Gasteiger partial charge in [0.05, 0.1) is 13.5 Å². The Labute approximate surface area is 159 Å². The van der Waals surface area contributed by atoms with E-state index >= 15 is 0 Å². The van der Waals surface area contributed by atoms with Crippen molar-refractivity contribution in [2.24, 2.45) is 0 Å². The second-order valence-electron chi connectivity index (χ2n) is 6.53. The number of benzene rings is 2. The Bertz CT molecular complexity index is 756. The zero-order valence-corrected chi connectivity index (χ0v) is 15.7. The summed E-state index contributed by atoms with van der Waals surface area (Å²) >= 11 is 6.11. The smallest absolute Gasteiger partial charge is 0.227 e. The molecule has 0 spiro atoms. The number of nitrogens with zero attached hydrogens (tertiary/aromatic N) is 2. The maximum absolute atomic E-state index is 12.5. The maximum Gasteiger partial charge on any atom is 0.227 e. The first kappa shape index (κ1) is 18.5. The summed E-state index contributed by atoms with van der Waals surface area (Å²) in [5, 5.41) is 0.707. The van der Waals surface area contributed by atoms with Crippen molar-refractivity contribution in [3.8, 4) is 5.75 Å². The average Bonchev–Trinajstić information content (AvgIpc) is 2.64. The van der Waals surface area contributed by atoms with Gasteiger partial charge in [0.25, 0.3) is 0 Å². The fraction of sp³-hybridized carbons (Fsp3) is 0.350. The molecule has 0 atom stereocenters. The van der Waals surface area contributed by atoms with E-state index in [-0.39, 0.29) is 5.91 Å². The number of methoxy groups -OCH3 is 1. The molecule has 1 aliphatic rings. The highest BCUT2D eigenvalue weighted by atomic mass is 35.5. The predicted octanol–water partition coefficient (Wildman–Crippen LogP) is 2.82. The van der Waals surface area contributed by atoms with Crippen LogP contribution in [-0.2, 0) is 17.8 Å². The van der Waals surface area contributed by atoms with E-state index in [1.54, 1.807) is 7.11 Å². The van der Waals surface area contributed by atoms with E-state index in [1.165, 1.54) is 0 Å². The van der Waals surface area contributed by atoms with Gasteiger partial charge in [0.2, 0.25) is 5.91 Å². The van der Waals surface area contributed by atoms with E-state index < -0.39 is 0 Å². The first-order valence-electron chi connectivity index (χ1n) is 8.72.